The first-order valence-corrected chi connectivity index (χ1v) is 17.0. The van der Waals surface area contributed by atoms with Crippen molar-refractivity contribution in [1.29, 1.82) is 0 Å². The molecule has 0 saturated carbocycles. The third kappa shape index (κ3) is 17.0. The predicted octanol–water partition coefficient (Wildman–Crippen LogP) is 12.4. The van der Waals surface area contributed by atoms with Gasteiger partial charge in [0, 0.05) is 11.8 Å². The smallest absolute Gasteiger partial charge is 0.0535 e. The normalized spacial score (nSPS) is 13.0. The summed E-state index contributed by atoms with van der Waals surface area (Å²) in [4.78, 5) is 0. The lowest BCUT2D eigenvalue weighted by molar-refractivity contribution is 0.101. The van der Waals surface area contributed by atoms with Gasteiger partial charge in [0.15, 0.2) is 0 Å². The van der Waals surface area contributed by atoms with E-state index in [1.165, 1.54) is 140 Å². The molecule has 220 valence electrons. The molecule has 39 heavy (non-hydrogen) atoms. The minimum Gasteiger partial charge on any atom is -0.380 e. The van der Waals surface area contributed by atoms with Crippen molar-refractivity contribution < 1.29 is 4.74 Å². The van der Waals surface area contributed by atoms with Crippen LogP contribution in [0.5, 0.6) is 0 Å². The lowest BCUT2D eigenvalue weighted by Crippen LogP contribution is -2.14. The van der Waals surface area contributed by atoms with E-state index in [4.69, 9.17) is 4.74 Å². The summed E-state index contributed by atoms with van der Waals surface area (Å²) in [7, 11) is 0. The van der Waals surface area contributed by atoms with Crippen molar-refractivity contribution in [2.75, 3.05) is 13.2 Å². The maximum Gasteiger partial charge on any atom is 0.0535 e. The van der Waals surface area contributed by atoms with Crippen molar-refractivity contribution in [3.63, 3.8) is 0 Å². The lowest BCUT2D eigenvalue weighted by atomic mass is 9.92. The van der Waals surface area contributed by atoms with E-state index in [1.54, 1.807) is 0 Å². The molecule has 0 aliphatic rings. The van der Waals surface area contributed by atoms with E-state index in [2.05, 4.69) is 74.5 Å². The second kappa shape index (κ2) is 24.2. The fourth-order valence-corrected chi connectivity index (χ4v) is 5.90. The van der Waals surface area contributed by atoms with Crippen LogP contribution in [0.25, 0.3) is 0 Å². The van der Waals surface area contributed by atoms with Crippen LogP contribution in [0.1, 0.15) is 165 Å². The average molecular weight is 535 g/mol. The van der Waals surface area contributed by atoms with E-state index in [0.717, 1.165) is 13.2 Å². The molecular formula is C38H62O. The zero-order valence-electron chi connectivity index (χ0n) is 25.9. The van der Waals surface area contributed by atoms with Crippen LogP contribution in [0.3, 0.4) is 0 Å². The Morgan fingerprint density at radius 3 is 1.05 bits per heavy atom. The van der Waals surface area contributed by atoms with E-state index in [1.807, 2.05) is 0 Å². The summed E-state index contributed by atoms with van der Waals surface area (Å²) in [5, 5.41) is 0. The Morgan fingerprint density at radius 1 is 0.410 bits per heavy atom. The van der Waals surface area contributed by atoms with Gasteiger partial charge in [-0.05, 0) is 24.0 Å². The minimum atomic E-state index is 0.514. The predicted molar refractivity (Wildman–Crippen MR) is 173 cm³/mol. The van der Waals surface area contributed by atoms with Crippen LogP contribution in [0.2, 0.25) is 0 Å². The van der Waals surface area contributed by atoms with Crippen molar-refractivity contribution in [2.24, 2.45) is 0 Å². The molecule has 0 bridgehead atoms. The molecule has 0 amide bonds. The second-order valence-corrected chi connectivity index (χ2v) is 12.0. The molecule has 0 saturated heterocycles. The average Bonchev–Trinajstić information content (AvgIpc) is 2.98. The van der Waals surface area contributed by atoms with Gasteiger partial charge in [0.1, 0.15) is 0 Å². The third-order valence-electron chi connectivity index (χ3n) is 8.49. The van der Waals surface area contributed by atoms with E-state index in [9.17, 15) is 0 Å². The number of unbranched alkanes of at least 4 members (excludes halogenated alkanes) is 16. The summed E-state index contributed by atoms with van der Waals surface area (Å²) < 4.78 is 6.53. The largest absolute Gasteiger partial charge is 0.380 e. The molecular weight excluding hydrogens is 472 g/mol. The Labute approximate surface area is 243 Å². The molecule has 0 aromatic heterocycles. The Balaban J connectivity index is 1.74. The number of rotatable bonds is 26. The Bertz CT molecular complexity index is 689. The number of ether oxygens (including phenoxy) is 1. The molecule has 0 aliphatic heterocycles. The molecule has 0 spiro atoms. The van der Waals surface area contributed by atoms with Gasteiger partial charge >= 0.3 is 0 Å². The standard InChI is InChI=1S/C38H62O/c1-3-5-7-9-11-13-15-17-21-31-37(35-27-23-19-24-28-35)33-39-34-38(36-29-25-20-26-30-36)32-22-18-16-14-12-10-8-6-4-2/h19-20,23-30,37-38H,3-18,21-22,31-34H2,1-2H3. The Hall–Kier alpha value is -1.60. The van der Waals surface area contributed by atoms with Gasteiger partial charge in [-0.25, -0.2) is 0 Å². The fraction of sp³-hybridized carbons (Fsp3) is 0.684. The van der Waals surface area contributed by atoms with Gasteiger partial charge in [0.05, 0.1) is 13.2 Å². The summed E-state index contributed by atoms with van der Waals surface area (Å²) in [6.07, 6.45) is 27.5. The van der Waals surface area contributed by atoms with Crippen molar-refractivity contribution >= 4 is 0 Å². The second-order valence-electron chi connectivity index (χ2n) is 12.0. The van der Waals surface area contributed by atoms with E-state index < -0.39 is 0 Å². The number of hydrogen-bond acceptors (Lipinski definition) is 1. The van der Waals surface area contributed by atoms with E-state index in [-0.39, 0.29) is 0 Å². The van der Waals surface area contributed by atoms with Crippen LogP contribution in [-0.2, 0) is 4.74 Å². The third-order valence-corrected chi connectivity index (χ3v) is 8.49. The fourth-order valence-electron chi connectivity index (χ4n) is 5.90. The van der Waals surface area contributed by atoms with Crippen LogP contribution >= 0.6 is 0 Å². The summed E-state index contributed by atoms with van der Waals surface area (Å²) in [5.41, 5.74) is 2.90. The molecule has 2 atom stereocenters. The zero-order chi connectivity index (χ0) is 27.6. The SMILES string of the molecule is CCCCCCCCCCCC(COCC(CCCCCCCCCCC)c1ccccc1)c1ccccc1. The molecule has 2 rings (SSSR count). The van der Waals surface area contributed by atoms with E-state index >= 15 is 0 Å². The first-order valence-electron chi connectivity index (χ1n) is 17.0. The maximum atomic E-state index is 6.53. The summed E-state index contributed by atoms with van der Waals surface area (Å²) >= 11 is 0. The highest BCUT2D eigenvalue weighted by Gasteiger charge is 2.15. The quantitative estimate of drug-likeness (QED) is 0.109. The molecule has 2 aromatic carbocycles. The highest BCUT2D eigenvalue weighted by Crippen LogP contribution is 2.27. The van der Waals surface area contributed by atoms with Gasteiger partial charge < -0.3 is 4.74 Å². The van der Waals surface area contributed by atoms with Crippen LogP contribution in [-0.4, -0.2) is 13.2 Å². The molecule has 2 unspecified atom stereocenters. The van der Waals surface area contributed by atoms with Crippen LogP contribution < -0.4 is 0 Å². The molecule has 0 N–H and O–H groups in total. The number of hydrogen-bond donors (Lipinski definition) is 0. The molecule has 2 aromatic rings. The first kappa shape index (κ1) is 33.6. The molecule has 0 radical (unpaired) electrons. The Morgan fingerprint density at radius 2 is 0.718 bits per heavy atom. The highest BCUT2D eigenvalue weighted by atomic mass is 16.5. The van der Waals surface area contributed by atoms with E-state index in [0.29, 0.717) is 11.8 Å². The minimum absolute atomic E-state index is 0.514. The molecule has 0 aliphatic carbocycles. The van der Waals surface area contributed by atoms with Crippen molar-refractivity contribution in [1.82, 2.24) is 0 Å². The van der Waals surface area contributed by atoms with Gasteiger partial charge in [0.2, 0.25) is 0 Å². The van der Waals surface area contributed by atoms with Gasteiger partial charge in [-0.2, -0.15) is 0 Å². The summed E-state index contributed by atoms with van der Waals surface area (Å²) in [5.74, 6) is 1.03. The number of benzene rings is 2. The topological polar surface area (TPSA) is 9.23 Å². The van der Waals surface area contributed by atoms with Crippen molar-refractivity contribution in [2.45, 2.75) is 154 Å². The zero-order valence-corrected chi connectivity index (χ0v) is 25.9. The maximum absolute atomic E-state index is 6.53. The Kier molecular flexibility index (Phi) is 20.9. The summed E-state index contributed by atoms with van der Waals surface area (Å²) in [6.45, 7) is 6.30. The lowest BCUT2D eigenvalue weighted by Gasteiger charge is -2.22. The van der Waals surface area contributed by atoms with Crippen LogP contribution in [0, 0.1) is 0 Å². The first-order chi connectivity index (χ1) is 19.3. The molecule has 1 nitrogen and oxygen atoms in total. The van der Waals surface area contributed by atoms with Gasteiger partial charge in [-0.15, -0.1) is 0 Å². The van der Waals surface area contributed by atoms with Crippen molar-refractivity contribution in [3.05, 3.63) is 71.8 Å². The molecule has 0 fully saturated rings. The molecule has 1 heteroatoms. The van der Waals surface area contributed by atoms with Gasteiger partial charge in [-0.1, -0.05) is 190 Å². The van der Waals surface area contributed by atoms with Gasteiger partial charge in [-0.3, -0.25) is 0 Å². The highest BCUT2D eigenvalue weighted by molar-refractivity contribution is 5.20. The van der Waals surface area contributed by atoms with Gasteiger partial charge in [0.25, 0.3) is 0 Å². The molecule has 0 heterocycles. The van der Waals surface area contributed by atoms with Crippen molar-refractivity contribution in [3.8, 4) is 0 Å². The van der Waals surface area contributed by atoms with Crippen LogP contribution in [0.4, 0.5) is 0 Å². The van der Waals surface area contributed by atoms with Crippen LogP contribution in [0.15, 0.2) is 60.7 Å². The summed E-state index contributed by atoms with van der Waals surface area (Å²) in [6, 6.07) is 22.2. The monoisotopic (exact) mass is 534 g/mol.